The predicted octanol–water partition coefficient (Wildman–Crippen LogP) is 4.81. The predicted molar refractivity (Wildman–Crippen MR) is 95.3 cm³/mol. The van der Waals surface area contributed by atoms with Crippen molar-refractivity contribution in [3.8, 4) is 16.7 Å². The molecule has 5 nitrogen and oxygen atoms in total. The molecule has 3 rings (SSSR count). The van der Waals surface area contributed by atoms with Crippen molar-refractivity contribution in [3.63, 3.8) is 0 Å². The van der Waals surface area contributed by atoms with E-state index in [1.54, 1.807) is 35.8 Å². The number of aromatic nitrogens is 1. The molecule has 1 heterocycles. The summed E-state index contributed by atoms with van der Waals surface area (Å²) in [5, 5.41) is 10.9. The molecule has 1 aromatic heterocycles. The van der Waals surface area contributed by atoms with Crippen molar-refractivity contribution in [2.24, 2.45) is 0 Å². The molecule has 2 aromatic carbocycles. The molecular weight excluding hydrogens is 376 g/mol. The number of hydrogen-bond acceptors (Lipinski definition) is 5. The van der Waals surface area contributed by atoms with Crippen LogP contribution in [0.1, 0.15) is 17.5 Å². The Morgan fingerprint density at radius 2 is 1.93 bits per heavy atom. The normalized spacial score (nSPS) is 10.6. The summed E-state index contributed by atoms with van der Waals surface area (Å²) in [5.74, 6) is -2.73. The zero-order valence-electron chi connectivity index (χ0n) is 14.0. The van der Waals surface area contributed by atoms with Crippen molar-refractivity contribution in [1.29, 1.82) is 0 Å². The van der Waals surface area contributed by atoms with Gasteiger partial charge in [-0.25, -0.2) is 13.8 Å². The SMILES string of the molecule is O=C(O)CCc1cc(F)c(OCc2cccc(Oc3nccs3)c2)c(F)c1. The van der Waals surface area contributed by atoms with Crippen molar-refractivity contribution >= 4 is 17.3 Å². The fourth-order valence-electron chi connectivity index (χ4n) is 2.36. The maximum atomic E-state index is 14.1. The van der Waals surface area contributed by atoms with Gasteiger partial charge < -0.3 is 14.6 Å². The van der Waals surface area contributed by atoms with Gasteiger partial charge in [0.25, 0.3) is 5.19 Å². The highest BCUT2D eigenvalue weighted by Crippen LogP contribution is 2.27. The molecule has 0 fully saturated rings. The molecule has 0 aliphatic rings. The van der Waals surface area contributed by atoms with Crippen molar-refractivity contribution < 1.29 is 28.2 Å². The van der Waals surface area contributed by atoms with E-state index in [0.29, 0.717) is 16.5 Å². The van der Waals surface area contributed by atoms with Crippen molar-refractivity contribution in [3.05, 3.63) is 70.7 Å². The molecule has 3 aromatic rings. The number of nitrogens with zero attached hydrogens (tertiary/aromatic N) is 1. The van der Waals surface area contributed by atoms with Gasteiger partial charge in [-0.2, -0.15) is 0 Å². The summed E-state index contributed by atoms with van der Waals surface area (Å²) < 4.78 is 39.1. The summed E-state index contributed by atoms with van der Waals surface area (Å²) in [6, 6.07) is 9.09. The smallest absolute Gasteiger partial charge is 0.303 e. The monoisotopic (exact) mass is 391 g/mol. The summed E-state index contributed by atoms with van der Waals surface area (Å²) in [6.07, 6.45) is 1.46. The van der Waals surface area contributed by atoms with Crippen LogP contribution in [-0.4, -0.2) is 16.1 Å². The first-order valence-corrected chi connectivity index (χ1v) is 8.88. The average Bonchev–Trinajstić information content (AvgIpc) is 3.12. The highest BCUT2D eigenvalue weighted by atomic mass is 32.1. The van der Waals surface area contributed by atoms with Gasteiger partial charge in [0.05, 0.1) is 0 Å². The van der Waals surface area contributed by atoms with Crippen molar-refractivity contribution in [2.75, 3.05) is 0 Å². The number of thiazole rings is 1. The Morgan fingerprint density at radius 1 is 1.15 bits per heavy atom. The van der Waals surface area contributed by atoms with Gasteiger partial charge in [-0.1, -0.05) is 23.5 Å². The van der Waals surface area contributed by atoms with E-state index in [0.717, 1.165) is 12.1 Å². The number of aryl methyl sites for hydroxylation is 1. The fourth-order valence-corrected chi connectivity index (χ4v) is 2.87. The number of carbonyl (C=O) groups is 1. The zero-order valence-corrected chi connectivity index (χ0v) is 14.8. The van der Waals surface area contributed by atoms with E-state index in [1.807, 2.05) is 0 Å². The lowest BCUT2D eigenvalue weighted by Crippen LogP contribution is -2.03. The minimum absolute atomic E-state index is 0.0413. The van der Waals surface area contributed by atoms with E-state index in [9.17, 15) is 13.6 Å². The van der Waals surface area contributed by atoms with Crippen LogP contribution < -0.4 is 9.47 Å². The number of hydrogen-bond donors (Lipinski definition) is 1. The molecule has 8 heteroatoms. The van der Waals surface area contributed by atoms with Gasteiger partial charge in [0.1, 0.15) is 12.4 Å². The Bertz CT molecular complexity index is 908. The average molecular weight is 391 g/mol. The number of aliphatic carboxylic acids is 1. The molecule has 0 saturated carbocycles. The van der Waals surface area contributed by atoms with Crippen molar-refractivity contribution in [2.45, 2.75) is 19.4 Å². The molecule has 27 heavy (non-hydrogen) atoms. The second-order valence-electron chi connectivity index (χ2n) is 5.62. The number of benzene rings is 2. The summed E-state index contributed by atoms with van der Waals surface area (Å²) in [4.78, 5) is 14.6. The molecule has 0 spiro atoms. The topological polar surface area (TPSA) is 68.7 Å². The van der Waals surface area contributed by atoms with E-state index in [1.165, 1.54) is 11.3 Å². The van der Waals surface area contributed by atoms with Gasteiger partial charge in [0, 0.05) is 18.0 Å². The van der Waals surface area contributed by atoms with E-state index in [4.69, 9.17) is 14.6 Å². The number of carboxylic acid groups (broad SMARTS) is 1. The first-order valence-electron chi connectivity index (χ1n) is 8.00. The summed E-state index contributed by atoms with van der Waals surface area (Å²) in [5.41, 5.74) is 0.927. The lowest BCUT2D eigenvalue weighted by molar-refractivity contribution is -0.136. The number of halogens is 2. The lowest BCUT2D eigenvalue weighted by atomic mass is 10.1. The number of ether oxygens (including phenoxy) is 2. The first-order chi connectivity index (χ1) is 13.0. The Balaban J connectivity index is 1.66. The Hall–Kier alpha value is -3.00. The minimum Gasteiger partial charge on any atom is -0.483 e. The molecule has 0 aliphatic heterocycles. The maximum absolute atomic E-state index is 14.1. The molecule has 0 amide bonds. The van der Waals surface area contributed by atoms with Gasteiger partial charge in [0.15, 0.2) is 17.4 Å². The third-order valence-electron chi connectivity index (χ3n) is 3.58. The number of carboxylic acids is 1. The second kappa shape index (κ2) is 8.59. The third kappa shape index (κ3) is 5.24. The van der Waals surface area contributed by atoms with Crippen LogP contribution in [0.5, 0.6) is 16.7 Å². The molecule has 0 radical (unpaired) electrons. The molecule has 0 aliphatic carbocycles. The largest absolute Gasteiger partial charge is 0.483 e. The Kier molecular flexibility index (Phi) is 5.97. The molecule has 0 bridgehead atoms. The molecular formula is C19H15F2NO4S. The summed E-state index contributed by atoms with van der Waals surface area (Å²) in [7, 11) is 0. The lowest BCUT2D eigenvalue weighted by Gasteiger charge is -2.11. The van der Waals surface area contributed by atoms with Crippen LogP contribution in [-0.2, 0) is 17.8 Å². The van der Waals surface area contributed by atoms with Crippen LogP contribution in [0, 0.1) is 11.6 Å². The Labute approximate surface area is 157 Å². The summed E-state index contributed by atoms with van der Waals surface area (Å²) >= 11 is 1.34. The first kappa shape index (κ1) is 18.8. The van der Waals surface area contributed by atoms with Crippen LogP contribution in [0.25, 0.3) is 0 Å². The van der Waals surface area contributed by atoms with Gasteiger partial charge in [0.2, 0.25) is 0 Å². The quantitative estimate of drug-likeness (QED) is 0.597. The fraction of sp³-hybridized carbons (Fsp3) is 0.158. The van der Waals surface area contributed by atoms with Crippen LogP contribution in [0.2, 0.25) is 0 Å². The third-order valence-corrected chi connectivity index (χ3v) is 4.23. The molecule has 0 atom stereocenters. The van der Waals surface area contributed by atoms with E-state index in [-0.39, 0.29) is 25.0 Å². The molecule has 140 valence electrons. The Morgan fingerprint density at radius 3 is 2.59 bits per heavy atom. The highest BCUT2D eigenvalue weighted by molar-refractivity contribution is 7.11. The maximum Gasteiger partial charge on any atom is 0.303 e. The molecule has 1 N–H and O–H groups in total. The van der Waals surface area contributed by atoms with Crippen molar-refractivity contribution in [1.82, 2.24) is 4.98 Å². The van der Waals surface area contributed by atoms with Gasteiger partial charge in [-0.3, -0.25) is 4.79 Å². The highest BCUT2D eigenvalue weighted by Gasteiger charge is 2.14. The van der Waals surface area contributed by atoms with Crippen LogP contribution in [0.3, 0.4) is 0 Å². The minimum atomic E-state index is -1.03. The van der Waals surface area contributed by atoms with E-state index >= 15 is 0 Å². The summed E-state index contributed by atoms with van der Waals surface area (Å²) in [6.45, 7) is -0.0582. The standard InChI is InChI=1S/C19H15F2NO4S/c20-15-9-12(4-5-17(23)24)10-16(21)18(15)25-11-13-2-1-3-14(8-13)26-19-22-6-7-27-19/h1-3,6-10H,4-5,11H2,(H,23,24). The van der Waals surface area contributed by atoms with Crippen LogP contribution in [0.15, 0.2) is 48.0 Å². The number of rotatable bonds is 8. The zero-order chi connectivity index (χ0) is 19.2. The van der Waals surface area contributed by atoms with Gasteiger partial charge >= 0.3 is 5.97 Å². The van der Waals surface area contributed by atoms with E-state index in [2.05, 4.69) is 4.98 Å². The molecule has 0 unspecified atom stereocenters. The van der Waals surface area contributed by atoms with Crippen LogP contribution in [0.4, 0.5) is 8.78 Å². The van der Waals surface area contributed by atoms with Crippen LogP contribution >= 0.6 is 11.3 Å². The molecule has 0 saturated heterocycles. The van der Waals surface area contributed by atoms with Gasteiger partial charge in [-0.05, 0) is 41.8 Å². The second-order valence-corrected chi connectivity index (χ2v) is 6.48. The van der Waals surface area contributed by atoms with E-state index < -0.39 is 23.4 Å². The van der Waals surface area contributed by atoms with Gasteiger partial charge in [-0.15, -0.1) is 0 Å².